The summed E-state index contributed by atoms with van der Waals surface area (Å²) in [5.41, 5.74) is 0. The Hall–Kier alpha value is -0.860. The molecule has 1 atom stereocenters. The van der Waals surface area contributed by atoms with Crippen molar-refractivity contribution < 1.29 is 14.3 Å². The quantitative estimate of drug-likeness (QED) is 0.264. The molecular weight excluding hydrogens is 252 g/mol. The third-order valence-corrected chi connectivity index (χ3v) is 3.66. The van der Waals surface area contributed by atoms with E-state index in [-0.39, 0.29) is 18.5 Å². The van der Waals surface area contributed by atoms with Crippen molar-refractivity contribution in [1.29, 1.82) is 0 Å². The average molecular weight is 284 g/mol. The summed E-state index contributed by atoms with van der Waals surface area (Å²) in [7, 11) is 0. The molecule has 0 aromatic rings. The van der Waals surface area contributed by atoms with Gasteiger partial charge in [-0.1, -0.05) is 65.2 Å². The van der Waals surface area contributed by atoms with Gasteiger partial charge in [0.2, 0.25) is 0 Å². The predicted octanol–water partition coefficient (Wildman–Crippen LogP) is 4.68. The second-order valence-corrected chi connectivity index (χ2v) is 5.57. The third kappa shape index (κ3) is 12.2. The molecule has 0 spiro atoms. The van der Waals surface area contributed by atoms with Crippen LogP contribution >= 0.6 is 0 Å². The molecule has 0 heterocycles. The van der Waals surface area contributed by atoms with Crippen molar-refractivity contribution in [1.82, 2.24) is 0 Å². The van der Waals surface area contributed by atoms with Crippen molar-refractivity contribution in [3.8, 4) is 0 Å². The van der Waals surface area contributed by atoms with Crippen molar-refractivity contribution in [2.45, 2.75) is 84.5 Å². The van der Waals surface area contributed by atoms with Crippen LogP contribution in [0.4, 0.5) is 0 Å². The first kappa shape index (κ1) is 19.1. The first-order valence-electron chi connectivity index (χ1n) is 8.35. The van der Waals surface area contributed by atoms with Crippen LogP contribution in [-0.2, 0) is 14.3 Å². The lowest BCUT2D eigenvalue weighted by atomic mass is 10.1. The summed E-state index contributed by atoms with van der Waals surface area (Å²) in [6.07, 6.45) is 13.3. The van der Waals surface area contributed by atoms with Crippen LogP contribution in [0.5, 0.6) is 0 Å². The minimum atomic E-state index is -0.159. The van der Waals surface area contributed by atoms with Crippen molar-refractivity contribution >= 4 is 12.3 Å². The summed E-state index contributed by atoms with van der Waals surface area (Å²) in [4.78, 5) is 22.0. The molecule has 0 aliphatic carbocycles. The van der Waals surface area contributed by atoms with Crippen molar-refractivity contribution in [2.75, 3.05) is 6.61 Å². The molecule has 0 aliphatic rings. The fraction of sp³-hybridized carbons (Fsp3) is 0.882. The first-order chi connectivity index (χ1) is 9.74. The second-order valence-electron chi connectivity index (χ2n) is 5.57. The van der Waals surface area contributed by atoms with Gasteiger partial charge in [0.25, 0.3) is 0 Å². The van der Waals surface area contributed by atoms with E-state index in [9.17, 15) is 9.59 Å². The number of rotatable bonds is 14. The standard InChI is InChI=1S/C17H32O3/c1-3-5-6-7-8-9-10-11-12-13-17(19)20-15-16(4-2)14-18/h14,16H,3-13,15H2,1-2H3. The van der Waals surface area contributed by atoms with Gasteiger partial charge < -0.3 is 9.53 Å². The summed E-state index contributed by atoms with van der Waals surface area (Å²) >= 11 is 0. The molecule has 0 amide bonds. The van der Waals surface area contributed by atoms with Crippen LogP contribution in [0, 0.1) is 5.92 Å². The highest BCUT2D eigenvalue weighted by Crippen LogP contribution is 2.11. The zero-order valence-corrected chi connectivity index (χ0v) is 13.4. The number of unbranched alkanes of at least 4 members (excludes halogenated alkanes) is 8. The number of esters is 1. The van der Waals surface area contributed by atoms with Gasteiger partial charge in [0.1, 0.15) is 12.9 Å². The van der Waals surface area contributed by atoms with Crippen molar-refractivity contribution in [3.63, 3.8) is 0 Å². The highest BCUT2D eigenvalue weighted by Gasteiger charge is 2.08. The van der Waals surface area contributed by atoms with Gasteiger partial charge in [0.15, 0.2) is 0 Å². The highest BCUT2D eigenvalue weighted by molar-refractivity contribution is 5.69. The molecule has 0 saturated carbocycles. The Labute approximate surface area is 124 Å². The molecule has 3 heteroatoms. The Morgan fingerprint density at radius 3 is 2.00 bits per heavy atom. The smallest absolute Gasteiger partial charge is 0.305 e. The third-order valence-electron chi connectivity index (χ3n) is 3.66. The van der Waals surface area contributed by atoms with E-state index in [2.05, 4.69) is 6.92 Å². The molecule has 3 nitrogen and oxygen atoms in total. The molecule has 20 heavy (non-hydrogen) atoms. The molecule has 0 saturated heterocycles. The number of aldehydes is 1. The molecule has 0 rings (SSSR count). The molecule has 0 fully saturated rings. The lowest BCUT2D eigenvalue weighted by molar-refractivity contribution is -0.145. The molecule has 0 bridgehead atoms. The fourth-order valence-electron chi connectivity index (χ4n) is 2.11. The van der Waals surface area contributed by atoms with Gasteiger partial charge >= 0.3 is 5.97 Å². The lowest BCUT2D eigenvalue weighted by Crippen LogP contribution is -2.14. The highest BCUT2D eigenvalue weighted by atomic mass is 16.5. The molecule has 118 valence electrons. The zero-order valence-electron chi connectivity index (χ0n) is 13.4. The molecule has 0 aromatic carbocycles. The van der Waals surface area contributed by atoms with E-state index in [4.69, 9.17) is 4.74 Å². The van der Waals surface area contributed by atoms with E-state index in [1.807, 2.05) is 6.92 Å². The average Bonchev–Trinajstić information content (AvgIpc) is 2.46. The van der Waals surface area contributed by atoms with Gasteiger partial charge in [-0.15, -0.1) is 0 Å². The predicted molar refractivity (Wildman–Crippen MR) is 82.6 cm³/mol. The zero-order chi connectivity index (χ0) is 15.1. The van der Waals surface area contributed by atoms with Crippen LogP contribution < -0.4 is 0 Å². The van der Waals surface area contributed by atoms with E-state index in [0.29, 0.717) is 6.42 Å². The topological polar surface area (TPSA) is 43.4 Å². The fourth-order valence-corrected chi connectivity index (χ4v) is 2.11. The van der Waals surface area contributed by atoms with Crippen LogP contribution in [-0.4, -0.2) is 18.9 Å². The number of ether oxygens (including phenoxy) is 1. The van der Waals surface area contributed by atoms with Crippen LogP contribution in [0.2, 0.25) is 0 Å². The number of carbonyl (C=O) groups excluding carboxylic acids is 2. The molecular formula is C17H32O3. The van der Waals surface area contributed by atoms with Crippen LogP contribution in [0.25, 0.3) is 0 Å². The Bertz CT molecular complexity index is 238. The lowest BCUT2D eigenvalue weighted by Gasteiger charge is -2.08. The van der Waals surface area contributed by atoms with E-state index >= 15 is 0 Å². The summed E-state index contributed by atoms with van der Waals surface area (Å²) in [5.74, 6) is -0.296. The normalized spacial score (nSPS) is 12.1. The number of hydrogen-bond donors (Lipinski definition) is 0. The first-order valence-corrected chi connectivity index (χ1v) is 8.35. The maximum Gasteiger partial charge on any atom is 0.305 e. The molecule has 0 radical (unpaired) electrons. The molecule has 0 aliphatic heterocycles. The summed E-state index contributed by atoms with van der Waals surface area (Å²) in [6, 6.07) is 0. The van der Waals surface area contributed by atoms with Crippen molar-refractivity contribution in [3.05, 3.63) is 0 Å². The van der Waals surface area contributed by atoms with Gasteiger partial charge in [0, 0.05) is 12.3 Å². The van der Waals surface area contributed by atoms with Crippen LogP contribution in [0.1, 0.15) is 84.5 Å². The van der Waals surface area contributed by atoms with Gasteiger partial charge in [0.05, 0.1) is 0 Å². The minimum absolute atomic E-state index is 0.137. The monoisotopic (exact) mass is 284 g/mol. The van der Waals surface area contributed by atoms with Gasteiger partial charge in [-0.2, -0.15) is 0 Å². The Balaban J connectivity index is 3.29. The molecule has 0 aromatic heterocycles. The van der Waals surface area contributed by atoms with Gasteiger partial charge in [-0.05, 0) is 12.8 Å². The van der Waals surface area contributed by atoms with E-state index in [0.717, 1.165) is 25.5 Å². The van der Waals surface area contributed by atoms with Gasteiger partial charge in [-0.25, -0.2) is 0 Å². The SMILES string of the molecule is CCCCCCCCCCCC(=O)OCC(C=O)CC. The Morgan fingerprint density at radius 2 is 1.50 bits per heavy atom. The summed E-state index contributed by atoms with van der Waals surface area (Å²) in [6.45, 7) is 4.40. The van der Waals surface area contributed by atoms with E-state index in [1.165, 1.54) is 44.9 Å². The molecule has 0 N–H and O–H groups in total. The maximum absolute atomic E-state index is 11.4. The van der Waals surface area contributed by atoms with Crippen LogP contribution in [0.3, 0.4) is 0 Å². The Morgan fingerprint density at radius 1 is 0.950 bits per heavy atom. The van der Waals surface area contributed by atoms with Crippen molar-refractivity contribution in [2.24, 2.45) is 5.92 Å². The van der Waals surface area contributed by atoms with Crippen LogP contribution in [0.15, 0.2) is 0 Å². The largest absolute Gasteiger partial charge is 0.465 e. The van der Waals surface area contributed by atoms with Gasteiger partial charge in [-0.3, -0.25) is 4.79 Å². The second kappa shape index (κ2) is 14.5. The number of carbonyl (C=O) groups is 2. The minimum Gasteiger partial charge on any atom is -0.465 e. The maximum atomic E-state index is 11.4. The van der Waals surface area contributed by atoms with E-state index in [1.54, 1.807) is 0 Å². The molecule has 1 unspecified atom stereocenters. The summed E-state index contributed by atoms with van der Waals surface area (Å²) < 4.78 is 5.09. The summed E-state index contributed by atoms with van der Waals surface area (Å²) in [5, 5.41) is 0. The Kier molecular flexibility index (Phi) is 13.9. The van der Waals surface area contributed by atoms with E-state index < -0.39 is 0 Å². The number of hydrogen-bond acceptors (Lipinski definition) is 3.